The van der Waals surface area contributed by atoms with Crippen molar-refractivity contribution in [3.63, 3.8) is 0 Å². The molecule has 1 heterocycles. The van der Waals surface area contributed by atoms with E-state index in [-0.39, 0.29) is 11.9 Å². The maximum atomic E-state index is 12.4. The Hall–Kier alpha value is -1.55. The third kappa shape index (κ3) is 3.73. The Morgan fingerprint density at radius 1 is 1.35 bits per heavy atom. The molecular formula is C16H24N2O2. The minimum atomic E-state index is -0.203. The van der Waals surface area contributed by atoms with Gasteiger partial charge in [0.15, 0.2) is 0 Å². The van der Waals surface area contributed by atoms with Gasteiger partial charge in [0.1, 0.15) is 6.04 Å². The maximum absolute atomic E-state index is 12.4. The van der Waals surface area contributed by atoms with Crippen LogP contribution in [0.15, 0.2) is 24.3 Å². The summed E-state index contributed by atoms with van der Waals surface area (Å²) < 4.78 is 5.28. The normalized spacial score (nSPS) is 16.8. The molecule has 4 nitrogen and oxygen atoms in total. The van der Waals surface area contributed by atoms with Crippen LogP contribution in [0.2, 0.25) is 0 Å². The SMILES string of the molecule is CCCc1ccccc1NC(C)C(=O)N1CCOCC1. The smallest absolute Gasteiger partial charge is 0.244 e. The van der Waals surface area contributed by atoms with E-state index in [4.69, 9.17) is 4.74 Å². The molecule has 1 fully saturated rings. The van der Waals surface area contributed by atoms with Crippen molar-refractivity contribution in [2.24, 2.45) is 0 Å². The van der Waals surface area contributed by atoms with Crippen LogP contribution in [-0.2, 0) is 16.0 Å². The van der Waals surface area contributed by atoms with Crippen molar-refractivity contribution < 1.29 is 9.53 Å². The summed E-state index contributed by atoms with van der Waals surface area (Å²) >= 11 is 0. The summed E-state index contributed by atoms with van der Waals surface area (Å²) in [6.45, 7) is 6.78. The van der Waals surface area contributed by atoms with Gasteiger partial charge in [0.2, 0.25) is 5.91 Å². The van der Waals surface area contributed by atoms with Gasteiger partial charge in [0.05, 0.1) is 13.2 Å². The lowest BCUT2D eigenvalue weighted by Crippen LogP contribution is -2.47. The molecule has 110 valence electrons. The van der Waals surface area contributed by atoms with E-state index in [0.717, 1.165) is 18.5 Å². The predicted octanol–water partition coefficient (Wildman–Crippen LogP) is 2.30. The van der Waals surface area contributed by atoms with Gasteiger partial charge in [-0.25, -0.2) is 0 Å². The number of benzene rings is 1. The van der Waals surface area contributed by atoms with Crippen LogP contribution in [0.5, 0.6) is 0 Å². The van der Waals surface area contributed by atoms with Crippen molar-refractivity contribution in [1.29, 1.82) is 0 Å². The van der Waals surface area contributed by atoms with Crippen LogP contribution in [0.4, 0.5) is 5.69 Å². The molecule has 0 aliphatic carbocycles. The Kier molecular flexibility index (Phi) is 5.41. The highest BCUT2D eigenvalue weighted by Crippen LogP contribution is 2.18. The van der Waals surface area contributed by atoms with E-state index < -0.39 is 0 Å². The fraction of sp³-hybridized carbons (Fsp3) is 0.562. The number of anilines is 1. The topological polar surface area (TPSA) is 41.6 Å². The molecule has 1 aliphatic heterocycles. The molecule has 1 amide bonds. The quantitative estimate of drug-likeness (QED) is 0.897. The van der Waals surface area contributed by atoms with Crippen LogP contribution in [-0.4, -0.2) is 43.2 Å². The molecule has 2 rings (SSSR count). The van der Waals surface area contributed by atoms with Gasteiger partial charge in [0.25, 0.3) is 0 Å². The van der Waals surface area contributed by atoms with E-state index in [1.54, 1.807) is 0 Å². The van der Waals surface area contributed by atoms with Gasteiger partial charge < -0.3 is 15.0 Å². The summed E-state index contributed by atoms with van der Waals surface area (Å²) in [6.07, 6.45) is 2.13. The second-order valence-corrected chi connectivity index (χ2v) is 5.21. The Labute approximate surface area is 121 Å². The minimum absolute atomic E-state index is 0.152. The number of amides is 1. The highest BCUT2D eigenvalue weighted by molar-refractivity contribution is 5.84. The van der Waals surface area contributed by atoms with Crippen molar-refractivity contribution in [3.8, 4) is 0 Å². The largest absolute Gasteiger partial charge is 0.378 e. The molecule has 1 unspecified atom stereocenters. The fourth-order valence-corrected chi connectivity index (χ4v) is 2.50. The summed E-state index contributed by atoms with van der Waals surface area (Å²) in [5.41, 5.74) is 2.35. The second-order valence-electron chi connectivity index (χ2n) is 5.21. The third-order valence-corrected chi connectivity index (χ3v) is 3.60. The number of carbonyl (C=O) groups is 1. The first kappa shape index (κ1) is 14.9. The molecular weight excluding hydrogens is 252 g/mol. The number of hydrogen-bond donors (Lipinski definition) is 1. The summed E-state index contributed by atoms with van der Waals surface area (Å²) in [5.74, 6) is 0.152. The highest BCUT2D eigenvalue weighted by Gasteiger charge is 2.22. The van der Waals surface area contributed by atoms with E-state index in [0.29, 0.717) is 26.3 Å². The monoisotopic (exact) mass is 276 g/mol. The fourth-order valence-electron chi connectivity index (χ4n) is 2.50. The first-order valence-electron chi connectivity index (χ1n) is 7.43. The average molecular weight is 276 g/mol. The lowest BCUT2D eigenvalue weighted by atomic mass is 10.1. The maximum Gasteiger partial charge on any atom is 0.244 e. The van der Waals surface area contributed by atoms with E-state index in [9.17, 15) is 4.79 Å². The number of morpholine rings is 1. The molecule has 1 aromatic rings. The molecule has 1 saturated heterocycles. The number of hydrogen-bond acceptors (Lipinski definition) is 3. The van der Waals surface area contributed by atoms with Gasteiger partial charge in [-0.1, -0.05) is 31.5 Å². The number of nitrogens with one attached hydrogen (secondary N) is 1. The number of nitrogens with zero attached hydrogens (tertiary/aromatic N) is 1. The Balaban J connectivity index is 1.99. The van der Waals surface area contributed by atoms with Crippen molar-refractivity contribution in [3.05, 3.63) is 29.8 Å². The van der Waals surface area contributed by atoms with Crippen molar-refractivity contribution in [2.45, 2.75) is 32.7 Å². The van der Waals surface area contributed by atoms with Gasteiger partial charge in [0, 0.05) is 18.8 Å². The summed E-state index contributed by atoms with van der Waals surface area (Å²) in [6, 6.07) is 8.02. The van der Waals surface area contributed by atoms with Crippen LogP contribution >= 0.6 is 0 Å². The molecule has 0 bridgehead atoms. The molecule has 1 aliphatic rings. The van der Waals surface area contributed by atoms with Gasteiger partial charge in [-0.15, -0.1) is 0 Å². The lowest BCUT2D eigenvalue weighted by Gasteiger charge is -2.30. The molecule has 20 heavy (non-hydrogen) atoms. The van der Waals surface area contributed by atoms with E-state index >= 15 is 0 Å². The van der Waals surface area contributed by atoms with E-state index in [2.05, 4.69) is 18.3 Å². The van der Waals surface area contributed by atoms with Gasteiger partial charge in [-0.05, 0) is 25.0 Å². The Bertz CT molecular complexity index is 442. The van der Waals surface area contributed by atoms with Crippen LogP contribution in [0.25, 0.3) is 0 Å². The van der Waals surface area contributed by atoms with E-state index in [1.807, 2.05) is 30.0 Å². The van der Waals surface area contributed by atoms with Crippen LogP contribution < -0.4 is 5.32 Å². The van der Waals surface area contributed by atoms with Crippen LogP contribution in [0.3, 0.4) is 0 Å². The molecule has 0 radical (unpaired) electrons. The first-order chi connectivity index (χ1) is 9.72. The molecule has 1 N–H and O–H groups in total. The number of aryl methyl sites for hydroxylation is 1. The number of carbonyl (C=O) groups excluding carboxylic acids is 1. The first-order valence-corrected chi connectivity index (χ1v) is 7.43. The van der Waals surface area contributed by atoms with Crippen molar-refractivity contribution in [2.75, 3.05) is 31.6 Å². The molecule has 1 aromatic carbocycles. The van der Waals surface area contributed by atoms with E-state index in [1.165, 1.54) is 5.56 Å². The Morgan fingerprint density at radius 2 is 2.05 bits per heavy atom. The summed E-state index contributed by atoms with van der Waals surface area (Å²) in [4.78, 5) is 14.3. The van der Waals surface area contributed by atoms with Gasteiger partial charge in [-0.3, -0.25) is 4.79 Å². The van der Waals surface area contributed by atoms with Crippen molar-refractivity contribution >= 4 is 11.6 Å². The molecule has 0 aromatic heterocycles. The zero-order chi connectivity index (χ0) is 14.4. The van der Waals surface area contributed by atoms with Crippen LogP contribution in [0, 0.1) is 0 Å². The van der Waals surface area contributed by atoms with Gasteiger partial charge >= 0.3 is 0 Å². The number of rotatable bonds is 5. The third-order valence-electron chi connectivity index (χ3n) is 3.60. The summed E-state index contributed by atoms with van der Waals surface area (Å²) in [5, 5.41) is 3.36. The average Bonchev–Trinajstić information content (AvgIpc) is 2.49. The second kappa shape index (κ2) is 7.29. The molecule has 0 spiro atoms. The predicted molar refractivity (Wildman–Crippen MR) is 80.9 cm³/mol. The molecule has 0 saturated carbocycles. The standard InChI is InChI=1S/C16H24N2O2/c1-3-6-14-7-4-5-8-15(14)17-13(2)16(19)18-9-11-20-12-10-18/h4-5,7-8,13,17H,3,6,9-12H2,1-2H3. The Morgan fingerprint density at radius 3 is 2.75 bits per heavy atom. The minimum Gasteiger partial charge on any atom is -0.378 e. The zero-order valence-electron chi connectivity index (χ0n) is 12.4. The molecule has 4 heteroatoms. The lowest BCUT2D eigenvalue weighted by molar-refractivity contribution is -0.135. The van der Waals surface area contributed by atoms with Crippen molar-refractivity contribution in [1.82, 2.24) is 4.90 Å². The molecule has 1 atom stereocenters. The van der Waals surface area contributed by atoms with Gasteiger partial charge in [-0.2, -0.15) is 0 Å². The zero-order valence-corrected chi connectivity index (χ0v) is 12.4. The summed E-state index contributed by atoms with van der Waals surface area (Å²) in [7, 11) is 0. The number of ether oxygens (including phenoxy) is 1. The van der Waals surface area contributed by atoms with Crippen LogP contribution in [0.1, 0.15) is 25.8 Å². The highest BCUT2D eigenvalue weighted by atomic mass is 16.5. The number of para-hydroxylation sites is 1.